The fourth-order valence-electron chi connectivity index (χ4n) is 2.99. The highest BCUT2D eigenvalue weighted by Gasteiger charge is 2.39. The topological polar surface area (TPSA) is 47.4 Å². The number of nitrogens with zero attached hydrogens (tertiary/aromatic N) is 3. The van der Waals surface area contributed by atoms with Crippen molar-refractivity contribution in [1.82, 2.24) is 14.7 Å². The minimum Gasteiger partial charge on any atom is -0.493 e. The van der Waals surface area contributed by atoms with Crippen molar-refractivity contribution >= 4 is 5.78 Å². The predicted molar refractivity (Wildman–Crippen MR) is 83.0 cm³/mol. The van der Waals surface area contributed by atoms with Crippen LogP contribution in [-0.4, -0.2) is 46.2 Å². The second-order valence-electron chi connectivity index (χ2n) is 6.54. The van der Waals surface area contributed by atoms with Crippen LogP contribution in [0.1, 0.15) is 63.5 Å². The smallest absolute Gasteiger partial charge is 0.204 e. The molecule has 0 amide bonds. The van der Waals surface area contributed by atoms with Crippen LogP contribution in [0.2, 0.25) is 0 Å². The molecule has 5 heteroatoms. The van der Waals surface area contributed by atoms with E-state index in [1.807, 2.05) is 27.7 Å². The Hall–Kier alpha value is -1.36. The minimum absolute atomic E-state index is 0.0902. The standard InChI is InChI=1S/C16H27N3O2/c1-12(2)19-14(13(21-5)11-17-19)15(20)16(3,4)18-9-7-6-8-10-18/h11-12H,6-10H2,1-5H3. The van der Waals surface area contributed by atoms with Gasteiger partial charge in [0.05, 0.1) is 18.8 Å². The van der Waals surface area contributed by atoms with Gasteiger partial charge < -0.3 is 4.74 Å². The van der Waals surface area contributed by atoms with Crippen molar-refractivity contribution in [3.63, 3.8) is 0 Å². The van der Waals surface area contributed by atoms with Crippen LogP contribution < -0.4 is 4.74 Å². The Kier molecular flexibility index (Phi) is 4.71. The SMILES string of the molecule is COc1cnn(C(C)C)c1C(=O)C(C)(C)N1CCCCC1. The molecular weight excluding hydrogens is 266 g/mol. The van der Waals surface area contributed by atoms with E-state index < -0.39 is 5.54 Å². The summed E-state index contributed by atoms with van der Waals surface area (Å²) in [6, 6.07) is 0.130. The highest BCUT2D eigenvalue weighted by molar-refractivity contribution is 6.03. The van der Waals surface area contributed by atoms with Crippen molar-refractivity contribution in [1.29, 1.82) is 0 Å². The van der Waals surface area contributed by atoms with Crippen LogP contribution in [0.3, 0.4) is 0 Å². The first-order valence-electron chi connectivity index (χ1n) is 7.81. The molecule has 21 heavy (non-hydrogen) atoms. The molecule has 1 aliphatic heterocycles. The summed E-state index contributed by atoms with van der Waals surface area (Å²) in [5.74, 6) is 0.659. The van der Waals surface area contributed by atoms with E-state index in [0.29, 0.717) is 11.4 Å². The van der Waals surface area contributed by atoms with Gasteiger partial charge in [-0.15, -0.1) is 0 Å². The molecule has 0 atom stereocenters. The molecule has 0 saturated carbocycles. The zero-order valence-corrected chi connectivity index (χ0v) is 13.8. The lowest BCUT2D eigenvalue weighted by atomic mass is 9.91. The molecule has 1 fully saturated rings. The Balaban J connectivity index is 2.36. The van der Waals surface area contributed by atoms with Crippen molar-refractivity contribution in [3.8, 4) is 5.75 Å². The largest absolute Gasteiger partial charge is 0.493 e. The van der Waals surface area contributed by atoms with Crippen molar-refractivity contribution in [3.05, 3.63) is 11.9 Å². The molecule has 0 aliphatic carbocycles. The van der Waals surface area contributed by atoms with E-state index in [2.05, 4.69) is 10.00 Å². The molecule has 0 bridgehead atoms. The fourth-order valence-corrected chi connectivity index (χ4v) is 2.99. The third kappa shape index (κ3) is 2.98. The van der Waals surface area contributed by atoms with Gasteiger partial charge >= 0.3 is 0 Å². The first-order valence-corrected chi connectivity index (χ1v) is 7.81. The Bertz CT molecular complexity index is 500. The van der Waals surface area contributed by atoms with E-state index in [1.165, 1.54) is 6.42 Å². The third-order valence-corrected chi connectivity index (χ3v) is 4.39. The van der Waals surface area contributed by atoms with Crippen molar-refractivity contribution < 1.29 is 9.53 Å². The molecule has 1 saturated heterocycles. The second-order valence-corrected chi connectivity index (χ2v) is 6.54. The number of ketones is 1. The molecule has 1 aromatic rings. The monoisotopic (exact) mass is 293 g/mol. The van der Waals surface area contributed by atoms with Crippen molar-refractivity contribution in [2.45, 2.75) is 58.5 Å². The summed E-state index contributed by atoms with van der Waals surface area (Å²) < 4.78 is 7.13. The summed E-state index contributed by atoms with van der Waals surface area (Å²) in [6.45, 7) is 10.0. The lowest BCUT2D eigenvalue weighted by Crippen LogP contribution is -2.52. The molecule has 0 N–H and O–H groups in total. The maximum Gasteiger partial charge on any atom is 0.204 e. The quantitative estimate of drug-likeness (QED) is 0.783. The number of hydrogen-bond donors (Lipinski definition) is 0. The van der Waals surface area contributed by atoms with Crippen LogP contribution in [0.5, 0.6) is 5.75 Å². The molecule has 2 heterocycles. The van der Waals surface area contributed by atoms with Gasteiger partial charge in [-0.2, -0.15) is 5.10 Å². The summed E-state index contributed by atoms with van der Waals surface area (Å²) in [5, 5.41) is 4.32. The Morgan fingerprint density at radius 2 is 1.90 bits per heavy atom. The summed E-state index contributed by atoms with van der Waals surface area (Å²) in [5.41, 5.74) is 0.0588. The highest BCUT2D eigenvalue weighted by atomic mass is 16.5. The number of rotatable bonds is 5. The van der Waals surface area contributed by atoms with E-state index in [1.54, 1.807) is 18.0 Å². The van der Waals surface area contributed by atoms with Gasteiger partial charge in [-0.25, -0.2) is 0 Å². The molecule has 0 unspecified atom stereocenters. The number of ether oxygens (including phenoxy) is 1. The van der Waals surface area contributed by atoms with Crippen molar-refractivity contribution in [2.24, 2.45) is 0 Å². The molecule has 1 aromatic heterocycles. The molecule has 1 aliphatic rings. The Morgan fingerprint density at radius 3 is 2.43 bits per heavy atom. The molecule has 5 nitrogen and oxygen atoms in total. The van der Waals surface area contributed by atoms with Gasteiger partial charge in [0.25, 0.3) is 0 Å². The van der Waals surface area contributed by atoms with E-state index in [4.69, 9.17) is 4.74 Å². The normalized spacial score (nSPS) is 17.2. The molecule has 2 rings (SSSR count). The first kappa shape index (κ1) is 16.0. The predicted octanol–water partition coefficient (Wildman–Crippen LogP) is 2.92. The van der Waals surface area contributed by atoms with Crippen LogP contribution in [0, 0.1) is 0 Å². The molecule has 118 valence electrons. The van der Waals surface area contributed by atoms with Crippen LogP contribution in [0.25, 0.3) is 0 Å². The summed E-state index contributed by atoms with van der Waals surface area (Å²) >= 11 is 0. The average molecular weight is 293 g/mol. The van der Waals surface area contributed by atoms with Gasteiger partial charge in [0.2, 0.25) is 5.78 Å². The van der Waals surface area contributed by atoms with Gasteiger partial charge in [0.15, 0.2) is 5.75 Å². The van der Waals surface area contributed by atoms with E-state index in [0.717, 1.165) is 25.9 Å². The van der Waals surface area contributed by atoms with E-state index in [9.17, 15) is 4.79 Å². The first-order chi connectivity index (χ1) is 9.89. The number of piperidine rings is 1. The minimum atomic E-state index is -0.527. The van der Waals surface area contributed by atoms with Gasteiger partial charge in [-0.1, -0.05) is 6.42 Å². The maximum absolute atomic E-state index is 13.1. The number of hydrogen-bond acceptors (Lipinski definition) is 4. The van der Waals surface area contributed by atoms with Gasteiger partial charge in [0, 0.05) is 6.04 Å². The number of aromatic nitrogens is 2. The summed E-state index contributed by atoms with van der Waals surface area (Å²) in [4.78, 5) is 15.4. The number of carbonyl (C=O) groups is 1. The second kappa shape index (κ2) is 6.18. The highest BCUT2D eigenvalue weighted by Crippen LogP contribution is 2.30. The van der Waals surface area contributed by atoms with Gasteiger partial charge in [-0.05, 0) is 53.6 Å². The zero-order valence-electron chi connectivity index (χ0n) is 13.8. The molecule has 0 radical (unpaired) electrons. The lowest BCUT2D eigenvalue weighted by Gasteiger charge is -2.39. The number of carbonyl (C=O) groups excluding carboxylic acids is 1. The van der Waals surface area contributed by atoms with E-state index >= 15 is 0 Å². The number of methoxy groups -OCH3 is 1. The van der Waals surface area contributed by atoms with Crippen LogP contribution in [0.4, 0.5) is 0 Å². The van der Waals surface area contributed by atoms with Crippen molar-refractivity contribution in [2.75, 3.05) is 20.2 Å². The molecular formula is C16H27N3O2. The average Bonchev–Trinajstić information content (AvgIpc) is 2.91. The van der Waals surface area contributed by atoms with Crippen LogP contribution in [-0.2, 0) is 0 Å². The molecule has 0 aromatic carbocycles. The Labute approximate surface area is 127 Å². The fraction of sp³-hybridized carbons (Fsp3) is 0.750. The molecule has 0 spiro atoms. The lowest BCUT2D eigenvalue weighted by molar-refractivity contribution is 0.0563. The van der Waals surface area contributed by atoms with Gasteiger partial charge in [0.1, 0.15) is 5.69 Å². The van der Waals surface area contributed by atoms with E-state index in [-0.39, 0.29) is 11.8 Å². The number of likely N-dealkylation sites (tertiary alicyclic amines) is 1. The third-order valence-electron chi connectivity index (χ3n) is 4.39. The van der Waals surface area contributed by atoms with Crippen LogP contribution in [0.15, 0.2) is 6.20 Å². The number of Topliss-reactive ketones (excluding diaryl/α,β-unsaturated/α-hetero) is 1. The van der Waals surface area contributed by atoms with Gasteiger partial charge in [-0.3, -0.25) is 14.4 Å². The zero-order chi connectivity index (χ0) is 15.6. The maximum atomic E-state index is 13.1. The van der Waals surface area contributed by atoms with Crippen LogP contribution >= 0.6 is 0 Å². The Morgan fingerprint density at radius 1 is 1.29 bits per heavy atom. The summed E-state index contributed by atoms with van der Waals surface area (Å²) in [7, 11) is 1.59. The summed E-state index contributed by atoms with van der Waals surface area (Å²) in [6.07, 6.45) is 5.22.